The zero-order chi connectivity index (χ0) is 23.9. The molecule has 0 aliphatic rings. The van der Waals surface area contributed by atoms with Gasteiger partial charge in [-0.05, 0) is 25.8 Å². The molecule has 1 atom stereocenters. The second-order valence-electron chi connectivity index (χ2n) is 10.1. The number of halogens is 1. The SMILES string of the molecule is C/C=C/C=C/C=C/C[N+](C)(CCCCCCCCCCCCCCCC)Cc1ccccc1.[I-]. The van der Waals surface area contributed by atoms with Crippen molar-refractivity contribution in [2.24, 2.45) is 0 Å². The normalized spacial score (nSPS) is 13.6. The second-order valence-corrected chi connectivity index (χ2v) is 10.1. The molecule has 1 aromatic rings. The first-order chi connectivity index (χ1) is 16.2. The quantitative estimate of drug-likeness (QED) is 0.0650. The Hall–Kier alpha value is -0.870. The summed E-state index contributed by atoms with van der Waals surface area (Å²) in [5, 5.41) is 0. The summed E-state index contributed by atoms with van der Waals surface area (Å²) in [4.78, 5) is 0. The molecular formula is C32H54IN. The molecule has 1 rings (SSSR count). The molecule has 0 amide bonds. The van der Waals surface area contributed by atoms with Crippen molar-refractivity contribution in [3.63, 3.8) is 0 Å². The number of rotatable bonds is 21. The van der Waals surface area contributed by atoms with E-state index in [0.29, 0.717) is 0 Å². The Morgan fingerprint density at radius 2 is 1.15 bits per heavy atom. The number of hydrogen-bond acceptors (Lipinski definition) is 0. The van der Waals surface area contributed by atoms with Crippen molar-refractivity contribution in [3.8, 4) is 0 Å². The minimum atomic E-state index is 0. The van der Waals surface area contributed by atoms with Crippen molar-refractivity contribution in [2.45, 2.75) is 110 Å². The van der Waals surface area contributed by atoms with Gasteiger partial charge in [0.25, 0.3) is 0 Å². The van der Waals surface area contributed by atoms with E-state index in [9.17, 15) is 0 Å². The maximum atomic E-state index is 2.43. The number of hydrogen-bond donors (Lipinski definition) is 0. The lowest BCUT2D eigenvalue weighted by Crippen LogP contribution is -3.00. The second kappa shape index (κ2) is 23.9. The molecule has 0 aromatic heterocycles. The van der Waals surface area contributed by atoms with Gasteiger partial charge >= 0.3 is 0 Å². The summed E-state index contributed by atoms with van der Waals surface area (Å²) in [6, 6.07) is 11.0. The predicted octanol–water partition coefficient (Wildman–Crippen LogP) is 6.81. The number of unbranched alkanes of at least 4 members (excludes halogenated alkanes) is 13. The van der Waals surface area contributed by atoms with Crippen molar-refractivity contribution in [3.05, 3.63) is 72.4 Å². The molecule has 0 bridgehead atoms. The topological polar surface area (TPSA) is 0 Å². The van der Waals surface area contributed by atoms with Crippen LogP contribution < -0.4 is 24.0 Å². The van der Waals surface area contributed by atoms with Crippen LogP contribution in [0.3, 0.4) is 0 Å². The molecule has 0 saturated carbocycles. The van der Waals surface area contributed by atoms with Crippen LogP contribution in [0.5, 0.6) is 0 Å². The fourth-order valence-corrected chi connectivity index (χ4v) is 4.58. The number of allylic oxidation sites excluding steroid dienone is 5. The van der Waals surface area contributed by atoms with E-state index in [-0.39, 0.29) is 24.0 Å². The monoisotopic (exact) mass is 579 g/mol. The molecule has 0 saturated heterocycles. The molecule has 1 unspecified atom stereocenters. The smallest absolute Gasteiger partial charge is 0.104 e. The van der Waals surface area contributed by atoms with E-state index in [2.05, 4.69) is 87.7 Å². The molecule has 0 radical (unpaired) electrons. The Morgan fingerprint density at radius 3 is 1.68 bits per heavy atom. The van der Waals surface area contributed by atoms with E-state index in [1.807, 2.05) is 0 Å². The van der Waals surface area contributed by atoms with Crippen LogP contribution in [0.15, 0.2) is 66.8 Å². The minimum Gasteiger partial charge on any atom is -1.00 e. The van der Waals surface area contributed by atoms with Crippen LogP contribution in [-0.4, -0.2) is 24.6 Å². The molecule has 2 heteroatoms. The number of nitrogens with zero attached hydrogens (tertiary/aromatic N) is 1. The molecule has 0 aliphatic carbocycles. The van der Waals surface area contributed by atoms with E-state index >= 15 is 0 Å². The third kappa shape index (κ3) is 19.4. The summed E-state index contributed by atoms with van der Waals surface area (Å²) in [7, 11) is 2.43. The maximum absolute atomic E-state index is 2.43. The molecule has 1 aromatic carbocycles. The van der Waals surface area contributed by atoms with Crippen molar-refractivity contribution >= 4 is 0 Å². The number of likely N-dealkylation sites (N-methyl/N-ethyl adjacent to an activating group) is 1. The predicted molar refractivity (Wildman–Crippen MR) is 149 cm³/mol. The first-order valence-electron chi connectivity index (χ1n) is 14.0. The average molecular weight is 580 g/mol. The molecule has 0 spiro atoms. The van der Waals surface area contributed by atoms with Gasteiger partial charge in [0.1, 0.15) is 6.54 Å². The van der Waals surface area contributed by atoms with Crippen LogP contribution in [0.4, 0.5) is 0 Å². The summed E-state index contributed by atoms with van der Waals surface area (Å²) in [5.74, 6) is 0. The minimum absolute atomic E-state index is 0. The van der Waals surface area contributed by atoms with Gasteiger partial charge < -0.3 is 28.5 Å². The average Bonchev–Trinajstić information content (AvgIpc) is 2.82. The van der Waals surface area contributed by atoms with E-state index in [1.165, 1.54) is 102 Å². The first-order valence-corrected chi connectivity index (χ1v) is 14.0. The van der Waals surface area contributed by atoms with Crippen LogP contribution in [0.1, 0.15) is 109 Å². The van der Waals surface area contributed by atoms with E-state index in [4.69, 9.17) is 0 Å². The fraction of sp³-hybridized carbons (Fsp3) is 0.625. The van der Waals surface area contributed by atoms with Crippen LogP contribution in [-0.2, 0) is 6.54 Å². The van der Waals surface area contributed by atoms with Gasteiger partial charge in [-0.1, -0.05) is 145 Å². The van der Waals surface area contributed by atoms with Gasteiger partial charge in [-0.2, -0.15) is 0 Å². The summed E-state index contributed by atoms with van der Waals surface area (Å²) in [6.07, 6.45) is 32.9. The maximum Gasteiger partial charge on any atom is 0.104 e. The molecular weight excluding hydrogens is 525 g/mol. The molecule has 0 N–H and O–H groups in total. The van der Waals surface area contributed by atoms with Gasteiger partial charge in [0, 0.05) is 5.56 Å². The standard InChI is InChI=1S/C32H54N.HI/c1-4-6-8-10-12-13-14-15-16-17-18-19-21-26-30-33(3,29-25-20-11-9-7-5-2)31-32-27-23-22-24-28-32;/h5,7,9,11,20,22-25,27-28H,4,6,8,10,12-19,21,26,29-31H2,1-3H3;1H/q+1;/p-1/b7-5+,11-9+,25-20+;. The summed E-state index contributed by atoms with van der Waals surface area (Å²) >= 11 is 0. The van der Waals surface area contributed by atoms with Crippen molar-refractivity contribution < 1.29 is 28.5 Å². The molecule has 194 valence electrons. The Kier molecular flexibility index (Phi) is 23.2. The van der Waals surface area contributed by atoms with Gasteiger partial charge in [-0.25, -0.2) is 0 Å². The van der Waals surface area contributed by atoms with Gasteiger partial charge in [-0.15, -0.1) is 0 Å². The van der Waals surface area contributed by atoms with Crippen molar-refractivity contribution in [2.75, 3.05) is 20.1 Å². The lowest BCUT2D eigenvalue weighted by Gasteiger charge is -2.34. The van der Waals surface area contributed by atoms with E-state index in [0.717, 1.165) is 17.6 Å². The lowest BCUT2D eigenvalue weighted by molar-refractivity contribution is -0.917. The van der Waals surface area contributed by atoms with Gasteiger partial charge in [0.05, 0.1) is 20.1 Å². The Morgan fingerprint density at radius 1 is 0.647 bits per heavy atom. The fourth-order valence-electron chi connectivity index (χ4n) is 4.58. The Balaban J connectivity index is 0.0000109. The highest BCUT2D eigenvalue weighted by Gasteiger charge is 2.20. The lowest BCUT2D eigenvalue weighted by atomic mass is 10.0. The summed E-state index contributed by atoms with van der Waals surface area (Å²) in [6.45, 7) is 7.82. The third-order valence-corrected chi connectivity index (χ3v) is 6.67. The van der Waals surface area contributed by atoms with Gasteiger partial charge in [0.15, 0.2) is 0 Å². The van der Waals surface area contributed by atoms with Crippen molar-refractivity contribution in [1.29, 1.82) is 0 Å². The van der Waals surface area contributed by atoms with Crippen LogP contribution in [0.2, 0.25) is 0 Å². The van der Waals surface area contributed by atoms with Crippen LogP contribution in [0.25, 0.3) is 0 Å². The molecule has 0 fully saturated rings. The first kappa shape index (κ1) is 33.1. The van der Waals surface area contributed by atoms with E-state index in [1.54, 1.807) is 0 Å². The molecule has 0 aliphatic heterocycles. The Labute approximate surface area is 230 Å². The summed E-state index contributed by atoms with van der Waals surface area (Å²) in [5.41, 5.74) is 1.45. The molecule has 34 heavy (non-hydrogen) atoms. The van der Waals surface area contributed by atoms with Crippen LogP contribution in [0, 0.1) is 0 Å². The third-order valence-electron chi connectivity index (χ3n) is 6.67. The Bertz CT molecular complexity index is 634. The van der Waals surface area contributed by atoms with E-state index < -0.39 is 0 Å². The number of benzene rings is 1. The largest absolute Gasteiger partial charge is 1.00 e. The highest BCUT2D eigenvalue weighted by molar-refractivity contribution is 5.14. The zero-order valence-corrected chi connectivity index (χ0v) is 24.9. The zero-order valence-electron chi connectivity index (χ0n) is 22.7. The van der Waals surface area contributed by atoms with Gasteiger partial charge in [0.2, 0.25) is 0 Å². The van der Waals surface area contributed by atoms with Crippen molar-refractivity contribution in [1.82, 2.24) is 0 Å². The molecule has 0 heterocycles. The highest BCUT2D eigenvalue weighted by Crippen LogP contribution is 2.16. The van der Waals surface area contributed by atoms with Crippen LogP contribution >= 0.6 is 0 Å². The highest BCUT2D eigenvalue weighted by atomic mass is 127. The van der Waals surface area contributed by atoms with Gasteiger partial charge in [-0.3, -0.25) is 0 Å². The number of quaternary nitrogens is 1. The summed E-state index contributed by atoms with van der Waals surface area (Å²) < 4.78 is 1.09. The molecule has 1 nitrogen and oxygen atoms in total.